The fraction of sp³-hybridized carbons (Fsp3) is 0.200. The molecular formula is C20H16I3NO2SSi. The van der Waals surface area contributed by atoms with Crippen LogP contribution in [0.1, 0.15) is 13.3 Å². The maximum atomic E-state index is 12.2. The van der Waals surface area contributed by atoms with Gasteiger partial charge in [-0.15, -0.1) is 11.3 Å². The van der Waals surface area contributed by atoms with Gasteiger partial charge in [0, 0.05) is 9.13 Å². The molecule has 0 fully saturated rings. The van der Waals surface area contributed by atoms with Crippen LogP contribution >= 0.6 is 79.1 Å². The smallest absolute Gasteiger partial charge is 0.178 e. The first-order valence-electron chi connectivity index (χ1n) is 8.81. The Kier molecular flexibility index (Phi) is 5.97. The molecule has 8 heteroatoms. The molecule has 1 unspecified atom stereocenters. The van der Waals surface area contributed by atoms with Crippen LogP contribution < -0.4 is 5.19 Å². The zero-order valence-corrected chi connectivity index (χ0v) is 23.4. The minimum absolute atomic E-state index is 0.0312. The molecule has 0 saturated carbocycles. The molecule has 1 atom stereocenters. The summed E-state index contributed by atoms with van der Waals surface area (Å²) in [6, 6.07) is 4.71. The second kappa shape index (κ2) is 7.89. The molecule has 1 aromatic carbocycles. The average molecular weight is 743 g/mol. The predicted octanol–water partition coefficient (Wildman–Crippen LogP) is 6.32. The number of aromatic hydroxyl groups is 1. The molecule has 0 radical (unpaired) electrons. The normalized spacial score (nSPS) is 20.5. The molecule has 3 nitrogen and oxygen atoms in total. The third-order valence-corrected chi connectivity index (χ3v) is 17.1. The molecular weight excluding hydrogens is 727 g/mol. The van der Waals surface area contributed by atoms with Crippen LogP contribution in [0, 0.1) is 10.0 Å². The van der Waals surface area contributed by atoms with Crippen molar-refractivity contribution >= 4 is 110 Å². The largest absolute Gasteiger partial charge is 0.507 e. The third kappa shape index (κ3) is 3.30. The number of hydrogen-bond donors (Lipinski definition) is 1. The summed E-state index contributed by atoms with van der Waals surface area (Å²) in [5.41, 5.74) is 2.77. The van der Waals surface area contributed by atoms with Gasteiger partial charge in [0.15, 0.2) is 5.78 Å². The molecule has 0 spiro atoms. The molecule has 1 N–H and O–H groups in total. The van der Waals surface area contributed by atoms with Crippen molar-refractivity contribution in [1.29, 1.82) is 0 Å². The molecule has 1 aliphatic carbocycles. The molecule has 0 saturated heterocycles. The highest BCUT2D eigenvalue weighted by atomic mass is 127. The SMILES string of the molecule is CCC[Si]1(C)C2=CC(=O)C=CC2=Nc2ccc(O)c(-c3sc(I)c(I)c3I)c21. The van der Waals surface area contributed by atoms with E-state index in [9.17, 15) is 9.90 Å². The molecule has 28 heavy (non-hydrogen) atoms. The first-order valence-corrected chi connectivity index (χ1v) is 15.6. The van der Waals surface area contributed by atoms with Gasteiger partial charge in [-0.3, -0.25) is 4.79 Å². The lowest BCUT2D eigenvalue weighted by Gasteiger charge is -2.37. The summed E-state index contributed by atoms with van der Waals surface area (Å²) in [4.78, 5) is 18.2. The quantitative estimate of drug-likeness (QED) is 0.228. The van der Waals surface area contributed by atoms with Crippen molar-refractivity contribution in [2.45, 2.75) is 25.9 Å². The number of allylic oxidation sites excluding steroid dienone is 4. The predicted molar refractivity (Wildman–Crippen MR) is 145 cm³/mol. The molecule has 2 aromatic rings. The van der Waals surface area contributed by atoms with Gasteiger partial charge in [0.25, 0.3) is 0 Å². The van der Waals surface area contributed by atoms with E-state index in [4.69, 9.17) is 4.99 Å². The lowest BCUT2D eigenvalue weighted by molar-refractivity contribution is -0.110. The summed E-state index contributed by atoms with van der Waals surface area (Å²) in [7, 11) is -2.25. The van der Waals surface area contributed by atoms with Crippen LogP contribution in [0.15, 0.2) is 40.5 Å². The number of hydrogen-bond acceptors (Lipinski definition) is 4. The van der Waals surface area contributed by atoms with Crippen LogP contribution in [0.5, 0.6) is 5.75 Å². The minimum atomic E-state index is -2.25. The molecule has 2 aliphatic rings. The number of rotatable bonds is 3. The Bertz CT molecular complexity index is 1120. The number of phenols is 1. The summed E-state index contributed by atoms with van der Waals surface area (Å²) >= 11 is 8.84. The number of fused-ring (bicyclic) bond motifs is 2. The van der Waals surface area contributed by atoms with Crippen molar-refractivity contribution in [1.82, 2.24) is 0 Å². The van der Waals surface area contributed by atoms with E-state index in [1.165, 1.54) is 15.2 Å². The fourth-order valence-corrected chi connectivity index (χ4v) is 12.8. The third-order valence-electron chi connectivity index (χ3n) is 5.25. The summed E-state index contributed by atoms with van der Waals surface area (Å²) in [6.45, 7) is 4.51. The van der Waals surface area contributed by atoms with Gasteiger partial charge in [0.1, 0.15) is 13.8 Å². The highest BCUT2D eigenvalue weighted by molar-refractivity contribution is 14.1. The van der Waals surface area contributed by atoms with Gasteiger partial charge >= 0.3 is 0 Å². The molecule has 1 aliphatic heterocycles. The van der Waals surface area contributed by atoms with E-state index in [1.807, 2.05) is 12.1 Å². The first kappa shape index (κ1) is 21.2. The number of benzene rings is 1. The van der Waals surface area contributed by atoms with Crippen molar-refractivity contribution < 1.29 is 9.90 Å². The minimum Gasteiger partial charge on any atom is -0.507 e. The van der Waals surface area contributed by atoms with Crippen molar-refractivity contribution in [3.8, 4) is 16.2 Å². The van der Waals surface area contributed by atoms with Crippen LogP contribution in [-0.2, 0) is 4.79 Å². The van der Waals surface area contributed by atoms with E-state index >= 15 is 0 Å². The number of aliphatic imine (C=N–C) groups is 1. The number of ketones is 1. The number of phenolic OH excluding ortho intramolecular Hbond substituents is 1. The van der Waals surface area contributed by atoms with E-state index in [0.717, 1.165) is 39.5 Å². The maximum absolute atomic E-state index is 12.2. The Labute approximate surface area is 209 Å². The van der Waals surface area contributed by atoms with Crippen LogP contribution in [0.3, 0.4) is 0 Å². The van der Waals surface area contributed by atoms with Gasteiger partial charge in [0.05, 0.1) is 22.7 Å². The fourth-order valence-electron chi connectivity index (χ4n) is 4.07. The highest BCUT2D eigenvalue weighted by Gasteiger charge is 2.44. The number of halogens is 3. The van der Waals surface area contributed by atoms with Crippen LogP contribution in [-0.4, -0.2) is 24.7 Å². The number of nitrogens with zero attached hydrogens (tertiary/aromatic N) is 1. The molecule has 144 valence electrons. The second-order valence-corrected chi connectivity index (χ2v) is 16.3. The van der Waals surface area contributed by atoms with Crippen LogP contribution in [0.25, 0.3) is 10.4 Å². The van der Waals surface area contributed by atoms with Gasteiger partial charge in [-0.2, -0.15) is 0 Å². The van der Waals surface area contributed by atoms with Crippen molar-refractivity contribution in [3.05, 3.63) is 45.6 Å². The zero-order valence-electron chi connectivity index (χ0n) is 15.1. The van der Waals surface area contributed by atoms with Crippen molar-refractivity contribution in [2.24, 2.45) is 4.99 Å². The summed E-state index contributed by atoms with van der Waals surface area (Å²) in [6.07, 6.45) is 6.26. The van der Waals surface area contributed by atoms with Gasteiger partial charge in [0.2, 0.25) is 0 Å². The monoisotopic (exact) mass is 743 g/mol. The Hall–Kier alpha value is -0.0531. The van der Waals surface area contributed by atoms with Gasteiger partial charge in [-0.05, 0) is 115 Å². The summed E-state index contributed by atoms with van der Waals surface area (Å²) < 4.78 is 3.63. The Morgan fingerprint density at radius 1 is 1.18 bits per heavy atom. The van der Waals surface area contributed by atoms with Crippen molar-refractivity contribution in [2.75, 3.05) is 0 Å². The van der Waals surface area contributed by atoms with Crippen LogP contribution in [0.4, 0.5) is 5.69 Å². The Morgan fingerprint density at radius 2 is 1.93 bits per heavy atom. The molecule has 4 rings (SSSR count). The molecule has 2 heterocycles. The average Bonchev–Trinajstić information content (AvgIpc) is 2.91. The number of thiophene rings is 1. The highest BCUT2D eigenvalue weighted by Crippen LogP contribution is 2.46. The van der Waals surface area contributed by atoms with Crippen molar-refractivity contribution in [3.63, 3.8) is 0 Å². The van der Waals surface area contributed by atoms with Crippen LogP contribution in [0.2, 0.25) is 12.6 Å². The lowest BCUT2D eigenvalue weighted by atomic mass is 10.1. The topological polar surface area (TPSA) is 49.7 Å². The number of carbonyl (C=O) groups excluding carboxylic acids is 1. The van der Waals surface area contributed by atoms with E-state index in [0.29, 0.717) is 5.75 Å². The standard InChI is InChI=1S/C20H16I3NO2SSi/c1-3-8-28(2)14-9-10(25)4-5-11(14)24-12-6-7-13(26)15(19(12)28)18-16(21)17(22)20(23)27-18/h4-7,9,26H,3,8H2,1-2H3. The van der Waals surface area contributed by atoms with Gasteiger partial charge < -0.3 is 5.11 Å². The molecule has 0 amide bonds. The summed E-state index contributed by atoms with van der Waals surface area (Å²) in [5, 5.41) is 13.2. The zero-order chi connectivity index (χ0) is 20.2. The Balaban J connectivity index is 2.10. The number of carbonyl (C=O) groups is 1. The first-order chi connectivity index (χ1) is 13.3. The van der Waals surface area contributed by atoms with Gasteiger partial charge in [-0.1, -0.05) is 19.9 Å². The second-order valence-electron chi connectivity index (χ2n) is 7.06. The van der Waals surface area contributed by atoms with E-state index in [1.54, 1.807) is 29.6 Å². The Morgan fingerprint density at radius 3 is 2.57 bits per heavy atom. The van der Waals surface area contributed by atoms with Gasteiger partial charge in [-0.25, -0.2) is 4.99 Å². The van der Waals surface area contributed by atoms with E-state index in [-0.39, 0.29) is 5.78 Å². The summed E-state index contributed by atoms with van der Waals surface area (Å²) in [5.74, 6) is 0.334. The van der Waals surface area contributed by atoms with E-state index in [2.05, 4.69) is 81.2 Å². The molecule has 0 bridgehead atoms. The lowest BCUT2D eigenvalue weighted by Crippen LogP contribution is -2.52. The maximum Gasteiger partial charge on any atom is 0.178 e. The van der Waals surface area contributed by atoms with E-state index < -0.39 is 8.07 Å². The molecule has 1 aromatic heterocycles.